The lowest BCUT2D eigenvalue weighted by molar-refractivity contribution is 0.353. The van der Waals surface area contributed by atoms with Gasteiger partial charge in [0, 0.05) is 22.9 Å². The fraction of sp³-hybridized carbons (Fsp3) is 0.294. The van der Waals surface area contributed by atoms with Crippen LogP contribution in [0.25, 0.3) is 0 Å². The average molecular weight is 366 g/mol. The highest BCUT2D eigenvalue weighted by Crippen LogP contribution is 2.42. The van der Waals surface area contributed by atoms with Gasteiger partial charge in [-0.25, -0.2) is 0 Å². The molecular weight excluding hydrogens is 352 g/mol. The molecule has 0 aromatic heterocycles. The maximum absolute atomic E-state index is 6.75. The van der Waals surface area contributed by atoms with Gasteiger partial charge in [0.25, 0.3) is 0 Å². The maximum atomic E-state index is 6.75. The third kappa shape index (κ3) is 2.33. The lowest BCUT2D eigenvalue weighted by atomic mass is 9.98. The second kappa shape index (κ2) is 5.22. The Hall–Kier alpha value is -1.19. The van der Waals surface area contributed by atoms with Crippen molar-refractivity contribution < 1.29 is 9.47 Å². The highest BCUT2D eigenvalue weighted by atomic mass is 79.9. The van der Waals surface area contributed by atoms with Crippen molar-refractivity contribution in [1.82, 2.24) is 0 Å². The van der Waals surface area contributed by atoms with E-state index in [1.165, 1.54) is 11.1 Å². The number of fused-ring (bicyclic) bond motifs is 2. The predicted molar refractivity (Wildman–Crippen MR) is 86.7 cm³/mol. The molecule has 0 N–H and O–H groups in total. The average Bonchev–Trinajstić information content (AvgIpc) is 3.12. The first-order valence-corrected chi connectivity index (χ1v) is 8.30. The molecule has 4 rings (SSSR count). The maximum Gasteiger partial charge on any atom is 0.127 e. The van der Waals surface area contributed by atoms with Gasteiger partial charge in [-0.05, 0) is 34.9 Å². The fourth-order valence-corrected chi connectivity index (χ4v) is 3.85. The van der Waals surface area contributed by atoms with Crippen molar-refractivity contribution in [2.75, 3.05) is 13.2 Å². The molecule has 0 fully saturated rings. The van der Waals surface area contributed by atoms with E-state index < -0.39 is 0 Å². The van der Waals surface area contributed by atoms with Crippen LogP contribution in [0.5, 0.6) is 11.5 Å². The van der Waals surface area contributed by atoms with Crippen molar-refractivity contribution >= 4 is 27.5 Å². The van der Waals surface area contributed by atoms with Crippen LogP contribution in [0.3, 0.4) is 0 Å². The molecule has 1 atom stereocenters. The Morgan fingerprint density at radius 2 is 1.81 bits per heavy atom. The Bertz CT molecular complexity index is 714. The van der Waals surface area contributed by atoms with Gasteiger partial charge in [0.1, 0.15) is 11.5 Å². The smallest absolute Gasteiger partial charge is 0.127 e. The van der Waals surface area contributed by atoms with Crippen LogP contribution >= 0.6 is 27.5 Å². The highest BCUT2D eigenvalue weighted by Gasteiger charge is 2.24. The quantitative estimate of drug-likeness (QED) is 0.721. The number of rotatable bonds is 2. The molecule has 21 heavy (non-hydrogen) atoms. The van der Waals surface area contributed by atoms with Crippen LogP contribution in [0.15, 0.2) is 34.8 Å². The number of alkyl halides is 1. The summed E-state index contributed by atoms with van der Waals surface area (Å²) in [5, 5.41) is -0.208. The molecule has 2 aromatic carbocycles. The Kier molecular flexibility index (Phi) is 3.35. The summed E-state index contributed by atoms with van der Waals surface area (Å²) in [6.07, 6.45) is 1.91. The monoisotopic (exact) mass is 364 g/mol. The zero-order valence-electron chi connectivity index (χ0n) is 11.4. The van der Waals surface area contributed by atoms with E-state index >= 15 is 0 Å². The fourth-order valence-electron chi connectivity index (χ4n) is 3.03. The van der Waals surface area contributed by atoms with E-state index in [9.17, 15) is 0 Å². The number of benzene rings is 2. The van der Waals surface area contributed by atoms with Crippen LogP contribution in [-0.4, -0.2) is 13.2 Å². The first kappa shape index (κ1) is 13.5. The molecule has 2 aliphatic heterocycles. The van der Waals surface area contributed by atoms with Gasteiger partial charge in [-0.1, -0.05) is 28.1 Å². The van der Waals surface area contributed by atoms with Crippen molar-refractivity contribution in [2.24, 2.45) is 0 Å². The summed E-state index contributed by atoms with van der Waals surface area (Å²) in [6, 6.07) is 10.4. The standard InChI is InChI=1S/C17H14BrClO2/c18-13-8-12-4-6-21-17(12)14(9-13)16(19)11-1-2-15-10(7-11)3-5-20-15/h1-2,7-9,16H,3-6H2. The summed E-state index contributed by atoms with van der Waals surface area (Å²) in [5.41, 5.74) is 4.61. The largest absolute Gasteiger partial charge is 0.493 e. The zero-order valence-corrected chi connectivity index (χ0v) is 13.7. The molecule has 1 unspecified atom stereocenters. The van der Waals surface area contributed by atoms with Crippen LogP contribution in [0.4, 0.5) is 0 Å². The first-order valence-electron chi connectivity index (χ1n) is 7.07. The van der Waals surface area contributed by atoms with Gasteiger partial charge in [0.2, 0.25) is 0 Å². The Labute approximate surface area is 137 Å². The van der Waals surface area contributed by atoms with Crippen molar-refractivity contribution in [3.63, 3.8) is 0 Å². The van der Waals surface area contributed by atoms with Crippen LogP contribution < -0.4 is 9.47 Å². The molecule has 2 aromatic rings. The molecule has 0 amide bonds. The van der Waals surface area contributed by atoms with Crippen molar-refractivity contribution in [3.05, 3.63) is 57.1 Å². The molecule has 2 nitrogen and oxygen atoms in total. The highest BCUT2D eigenvalue weighted by molar-refractivity contribution is 9.10. The summed E-state index contributed by atoms with van der Waals surface area (Å²) in [7, 11) is 0. The van der Waals surface area contributed by atoms with Gasteiger partial charge in [0.05, 0.1) is 18.6 Å². The third-order valence-electron chi connectivity index (χ3n) is 4.06. The Morgan fingerprint density at radius 1 is 1.00 bits per heavy atom. The van der Waals surface area contributed by atoms with E-state index in [2.05, 4.69) is 34.1 Å². The molecular formula is C17H14BrClO2. The second-order valence-corrected chi connectivity index (χ2v) is 6.76. The van der Waals surface area contributed by atoms with Crippen LogP contribution in [-0.2, 0) is 12.8 Å². The van der Waals surface area contributed by atoms with E-state index in [4.69, 9.17) is 21.1 Å². The lowest BCUT2D eigenvalue weighted by Gasteiger charge is -2.15. The number of hydrogen-bond donors (Lipinski definition) is 0. The van der Waals surface area contributed by atoms with Gasteiger partial charge in [0.15, 0.2) is 0 Å². The molecule has 0 bridgehead atoms. The molecule has 0 saturated heterocycles. The van der Waals surface area contributed by atoms with E-state index in [0.717, 1.165) is 53.2 Å². The molecule has 4 heteroatoms. The molecule has 2 heterocycles. The molecule has 108 valence electrons. The van der Waals surface area contributed by atoms with Gasteiger partial charge < -0.3 is 9.47 Å². The first-order chi connectivity index (χ1) is 10.2. The summed E-state index contributed by atoms with van der Waals surface area (Å²) < 4.78 is 12.4. The number of ether oxygens (including phenoxy) is 2. The second-order valence-electron chi connectivity index (χ2n) is 5.41. The SMILES string of the molecule is ClC(c1ccc2c(c1)CCO2)c1cc(Br)cc2c1OCC2. The summed E-state index contributed by atoms with van der Waals surface area (Å²) in [5.74, 6) is 1.94. The normalized spacial score (nSPS) is 16.9. The lowest BCUT2D eigenvalue weighted by Crippen LogP contribution is -1.98. The summed E-state index contributed by atoms with van der Waals surface area (Å²) in [4.78, 5) is 0. The van der Waals surface area contributed by atoms with Crippen LogP contribution in [0, 0.1) is 0 Å². The minimum atomic E-state index is -0.208. The molecule has 0 radical (unpaired) electrons. The van der Waals surface area contributed by atoms with Crippen molar-refractivity contribution in [3.8, 4) is 11.5 Å². The van der Waals surface area contributed by atoms with Gasteiger partial charge >= 0.3 is 0 Å². The van der Waals surface area contributed by atoms with Gasteiger partial charge in [-0.15, -0.1) is 11.6 Å². The summed E-state index contributed by atoms with van der Waals surface area (Å²) >= 11 is 10.3. The van der Waals surface area contributed by atoms with Crippen molar-refractivity contribution in [1.29, 1.82) is 0 Å². The summed E-state index contributed by atoms with van der Waals surface area (Å²) in [6.45, 7) is 1.50. The molecule has 0 spiro atoms. The minimum Gasteiger partial charge on any atom is -0.493 e. The van der Waals surface area contributed by atoms with E-state index in [1.807, 2.05) is 12.1 Å². The molecule has 2 aliphatic rings. The predicted octanol–water partition coefficient (Wildman–Crippen LogP) is 4.65. The van der Waals surface area contributed by atoms with E-state index in [1.54, 1.807) is 0 Å². The van der Waals surface area contributed by atoms with E-state index in [-0.39, 0.29) is 5.38 Å². The Morgan fingerprint density at radius 3 is 2.71 bits per heavy atom. The Balaban J connectivity index is 1.77. The van der Waals surface area contributed by atoms with E-state index in [0.29, 0.717) is 0 Å². The van der Waals surface area contributed by atoms with Crippen LogP contribution in [0.2, 0.25) is 0 Å². The molecule has 0 aliphatic carbocycles. The number of hydrogen-bond acceptors (Lipinski definition) is 2. The topological polar surface area (TPSA) is 18.5 Å². The number of halogens is 2. The van der Waals surface area contributed by atoms with Crippen molar-refractivity contribution in [2.45, 2.75) is 18.2 Å². The van der Waals surface area contributed by atoms with Crippen LogP contribution in [0.1, 0.15) is 27.6 Å². The minimum absolute atomic E-state index is 0.208. The third-order valence-corrected chi connectivity index (χ3v) is 5.00. The van der Waals surface area contributed by atoms with Gasteiger partial charge in [-0.3, -0.25) is 0 Å². The van der Waals surface area contributed by atoms with Gasteiger partial charge in [-0.2, -0.15) is 0 Å². The zero-order chi connectivity index (χ0) is 14.4. The molecule has 0 saturated carbocycles.